The lowest BCUT2D eigenvalue weighted by Gasteiger charge is -2.42. The molecule has 1 atom stereocenters. The van der Waals surface area contributed by atoms with E-state index in [-0.39, 0.29) is 75.7 Å². The van der Waals surface area contributed by atoms with Gasteiger partial charge in [0.1, 0.15) is 31.1 Å². The molecule has 2 bridgehead atoms. The maximum Gasteiger partial charge on any atom is 0.317 e. The van der Waals surface area contributed by atoms with Crippen molar-refractivity contribution >= 4 is 71.0 Å². The van der Waals surface area contributed by atoms with Gasteiger partial charge in [0.15, 0.2) is 5.43 Å². The number of hydrogen-bond acceptors (Lipinski definition) is 25. The number of urea groups is 1. The van der Waals surface area contributed by atoms with Gasteiger partial charge in [-0.1, -0.05) is 30.0 Å². The van der Waals surface area contributed by atoms with E-state index in [2.05, 4.69) is 83.5 Å². The molecule has 43 heteroatoms. The Bertz CT molecular complexity index is 4910. The number of likely N-dealkylation sites (tertiary alicyclic amines) is 4. The van der Waals surface area contributed by atoms with E-state index in [0.29, 0.717) is 47.5 Å². The fraction of sp³-hybridized carbons (Fsp3) is 0.495. The van der Waals surface area contributed by atoms with Crippen molar-refractivity contribution in [1.29, 1.82) is 0 Å². The van der Waals surface area contributed by atoms with Gasteiger partial charge in [0.05, 0.1) is 53.4 Å². The van der Waals surface area contributed by atoms with Gasteiger partial charge in [-0.05, 0) is 118 Å². The van der Waals surface area contributed by atoms with Gasteiger partial charge in [0.25, 0.3) is 23.6 Å². The lowest BCUT2D eigenvalue weighted by atomic mass is 9.70. The van der Waals surface area contributed by atoms with Crippen molar-refractivity contribution in [3.63, 3.8) is 0 Å². The number of amides is 13. The van der Waals surface area contributed by atoms with Gasteiger partial charge in [-0.15, -0.1) is 15.3 Å². The van der Waals surface area contributed by atoms with Crippen LogP contribution >= 0.6 is 0 Å². The largest absolute Gasteiger partial charge is 0.357 e. The third-order valence-electron chi connectivity index (χ3n) is 22.6. The number of imide groups is 3. The Morgan fingerprint density at radius 1 is 0.433 bits per heavy atom. The summed E-state index contributed by atoms with van der Waals surface area (Å²) in [5, 5.41) is 31.8. The molecule has 9 fully saturated rings. The number of pyridine rings is 2. The number of likely N-dealkylation sites (N-methyl/N-ethyl adjacent to an activating group) is 4. The van der Waals surface area contributed by atoms with Gasteiger partial charge in [-0.3, -0.25) is 91.1 Å². The summed E-state index contributed by atoms with van der Waals surface area (Å²) >= 11 is 0. The summed E-state index contributed by atoms with van der Waals surface area (Å²) in [7, 11) is 32.1. The Hall–Kier alpha value is -14.6. The van der Waals surface area contributed by atoms with Crippen LogP contribution < -0.4 is 16.3 Å². The fourth-order valence-electron chi connectivity index (χ4n) is 12.3. The molecule has 8 aromatic heterocycles. The van der Waals surface area contributed by atoms with Crippen LogP contribution in [0, 0.1) is 16.7 Å². The Morgan fingerprint density at radius 3 is 1.21 bits per heavy atom. The van der Waals surface area contributed by atoms with E-state index in [1.165, 1.54) is 77.9 Å². The number of fused-ring (bicyclic) bond motifs is 4. The average Bonchev–Trinajstić information content (AvgIpc) is 1.59. The van der Waals surface area contributed by atoms with E-state index in [1.54, 1.807) is 185 Å². The standard InChI is InChI=1S/C9H7NO2.C9H15NO2.C8H13NO.C7H13NO.C6H10N2O.C6H11NO.2C6H7NO.C5H5NO2.C5H9NO.C4H8N2O.2C4H6N2.4C3H5N3/c1-10-8(11)6-4-2-3-5-7(6)9(10)12;1-8(2)6(11)10(5)7(12)9(8,3)4;1-9-7-4-2-6(3-5-7)8(9)10;1-7(2)5-4-6(9)8(7)3;1-5-7(2)4-6(9)8(5)3;1-5-3-4-6(8)7(5)2;1-7-4-2-6(8)3-5-7;1-7-5-3-2-4-6(7)8;1-6-4(7)2-3-5(6)8;1-6-4-2-3-5(6)7;1-6-3-2-5-4(6)7;1-6-3-2-5-4-6;1-6-4-2-3-5-6;1-6-2-4-5-3-6;1-6-3-4-2-5-6;1-6-3-2-4-5-6;1-6-4-2-3-5-6/h2-5H,1H3;1-5H3;6-7H,2-5H2,1H3;4-5H2,1-3H3;1,4H2,2-3H3;5H,3-4H2,1-2H3;2*2-5H,1H3;2-3H,1H3;2-4H2,1H3;2-3H2,1H3,(H,5,7);2*2-4H,1H3;4*2-3H,1H3. The van der Waals surface area contributed by atoms with Gasteiger partial charge in [0, 0.05) is 269 Å². The molecule has 1 N–H and O–H groups in total. The number of imidazole rings is 1. The van der Waals surface area contributed by atoms with Crippen LogP contribution in [0.15, 0.2) is 195 Å². The fourth-order valence-corrected chi connectivity index (χ4v) is 12.3. The number of carbonyl (C=O) groups is 12. The molecule has 43 nitrogen and oxygen atoms in total. The van der Waals surface area contributed by atoms with Crippen LogP contribution in [0.4, 0.5) is 4.79 Å². The van der Waals surface area contributed by atoms with Crippen LogP contribution in [0.3, 0.4) is 0 Å². The summed E-state index contributed by atoms with van der Waals surface area (Å²) in [4.78, 5) is 177. The van der Waals surface area contributed by atoms with Crippen LogP contribution in [0.25, 0.3) is 0 Å². The van der Waals surface area contributed by atoms with Gasteiger partial charge in [-0.2, -0.15) is 25.2 Å². The van der Waals surface area contributed by atoms with Crippen molar-refractivity contribution in [3.05, 3.63) is 217 Å². The first-order valence-corrected chi connectivity index (χ1v) is 43.1. The van der Waals surface area contributed by atoms with Gasteiger partial charge in [-0.25, -0.2) is 14.8 Å². The van der Waals surface area contributed by atoms with Crippen molar-refractivity contribution in [2.75, 3.05) is 96.7 Å². The first kappa shape index (κ1) is 114. The third kappa shape index (κ3) is 38.1. The van der Waals surface area contributed by atoms with Gasteiger partial charge in [0.2, 0.25) is 46.9 Å². The Morgan fingerprint density at radius 2 is 1.01 bits per heavy atom. The number of nitrogens with one attached hydrogen (secondary N) is 1. The zero-order valence-corrected chi connectivity index (χ0v) is 82.2. The van der Waals surface area contributed by atoms with Crippen molar-refractivity contribution in [1.82, 2.24) is 142 Å². The summed E-state index contributed by atoms with van der Waals surface area (Å²) in [5.74, 6) is 1.45. The maximum atomic E-state index is 11.6. The number of hydrogen-bond donors (Lipinski definition) is 1. The highest BCUT2D eigenvalue weighted by Crippen LogP contribution is 2.46. The van der Waals surface area contributed by atoms with Crippen LogP contribution in [-0.2, 0) is 99.5 Å². The molecule has 1 unspecified atom stereocenters. The van der Waals surface area contributed by atoms with Crippen molar-refractivity contribution < 1.29 is 57.5 Å². The second-order valence-corrected chi connectivity index (χ2v) is 33.7. The van der Waals surface area contributed by atoms with Crippen LogP contribution in [0.5, 0.6) is 0 Å². The number of nitrogens with zero attached hydrogens (tertiary/aromatic N) is 28. The minimum absolute atomic E-state index is 0.0347. The second-order valence-electron chi connectivity index (χ2n) is 33.7. The topological polar surface area (TPSA) is 452 Å². The molecule has 1 aliphatic carbocycles. The first-order chi connectivity index (χ1) is 62.9. The zero-order valence-electron chi connectivity index (χ0n) is 82.2. The van der Waals surface area contributed by atoms with Crippen molar-refractivity contribution in [2.45, 2.75) is 130 Å². The molecule has 13 amide bonds. The van der Waals surface area contributed by atoms with E-state index in [4.69, 9.17) is 0 Å². The van der Waals surface area contributed by atoms with E-state index < -0.39 is 10.8 Å². The minimum atomic E-state index is -0.571. The molecule has 1 aromatic carbocycles. The summed E-state index contributed by atoms with van der Waals surface area (Å²) in [6, 6.07) is 18.0. The number of piperidine rings is 2. The maximum absolute atomic E-state index is 11.6. The Balaban J connectivity index is 0.000000368. The first-order valence-electron chi connectivity index (χ1n) is 43.1. The van der Waals surface area contributed by atoms with Crippen LogP contribution in [-0.4, -0.2) is 322 Å². The molecule has 9 aromatic rings. The normalized spacial score (nSPS) is 18.2. The van der Waals surface area contributed by atoms with E-state index in [9.17, 15) is 67.1 Å². The van der Waals surface area contributed by atoms with Crippen molar-refractivity contribution in [2.24, 2.45) is 73.1 Å². The zero-order chi connectivity index (χ0) is 101. The van der Waals surface area contributed by atoms with Gasteiger partial charge < -0.3 is 57.9 Å². The van der Waals surface area contributed by atoms with Crippen LogP contribution in [0.1, 0.15) is 133 Å². The average molecular weight is 1860 g/mol. The molecule has 8 saturated heterocycles. The Labute approximate surface area is 784 Å². The lowest BCUT2D eigenvalue weighted by Crippen LogP contribution is -2.49. The highest BCUT2D eigenvalue weighted by atomic mass is 16.2. The molecule has 0 radical (unpaired) electrons. The predicted octanol–water partition coefficient (Wildman–Crippen LogP) is 4.77. The number of aryl methyl sites for hydroxylation is 8. The SMILES string of the molecule is C=C1N(C)CC(=O)N1C.CC1CCC(=O)N1C.CN1C(=O)C(C)(C)C(C)(C)C1=O.CN1C(=O)C2CCC1CC2.CN1C(=O)C=CC1=O.CN1C(=O)CCC1(C)C.CN1C(=O)c2ccccc2C1=O.CN1CCCC1=O.CN1CCNC1=O.Cn1ccc(=O)cc1.Cn1ccccc1=O.Cn1cccn1.Cn1ccnc1.Cn1ccnn1.Cn1cncn1.Cn1cnnc1.Cn1nccn1. The van der Waals surface area contributed by atoms with E-state index in [1.807, 2.05) is 154 Å². The molecule has 10 aliphatic heterocycles. The summed E-state index contributed by atoms with van der Waals surface area (Å²) in [6.07, 6.45) is 39.9. The van der Waals surface area contributed by atoms with Gasteiger partial charge >= 0.3 is 6.03 Å². The highest BCUT2D eigenvalue weighted by Gasteiger charge is 2.58. The van der Waals surface area contributed by atoms with E-state index >= 15 is 0 Å². The van der Waals surface area contributed by atoms with Crippen molar-refractivity contribution in [3.8, 4) is 0 Å². The summed E-state index contributed by atoms with van der Waals surface area (Å²) in [5.41, 5.74) is 0.0694. The minimum Gasteiger partial charge on any atom is -0.357 e. The molecule has 0 spiro atoms. The molecule has 730 valence electrons. The summed E-state index contributed by atoms with van der Waals surface area (Å²) in [6.45, 7) is 20.3. The molecular weight excluding hydrogens is 1720 g/mol. The monoisotopic (exact) mass is 1860 g/mol. The quantitative estimate of drug-likeness (QED) is 0.200. The highest BCUT2D eigenvalue weighted by molar-refractivity contribution is 6.21. The molecular formula is C91H137N29O14. The lowest BCUT2D eigenvalue weighted by molar-refractivity contribution is -0.145. The third-order valence-corrected chi connectivity index (χ3v) is 22.6. The smallest absolute Gasteiger partial charge is 0.317 e. The number of carbonyl (C=O) groups excluding carboxylic acids is 12. The number of benzene rings is 1. The predicted molar refractivity (Wildman–Crippen MR) is 502 cm³/mol. The van der Waals surface area contributed by atoms with E-state index in [0.717, 1.165) is 86.6 Å². The molecule has 1 saturated carbocycles. The summed E-state index contributed by atoms with van der Waals surface area (Å²) < 4.78 is 12.0. The Kier molecular flexibility index (Phi) is 47.7. The molecule has 11 aliphatic rings. The molecule has 20 rings (SSSR count). The number of rotatable bonds is 0. The molecule has 18 heterocycles. The molecule has 134 heavy (non-hydrogen) atoms. The second kappa shape index (κ2) is 56.2. The number of aromatic nitrogens is 18. The van der Waals surface area contributed by atoms with Crippen LogP contribution in [0.2, 0.25) is 0 Å².